The van der Waals surface area contributed by atoms with Crippen molar-refractivity contribution in [3.05, 3.63) is 65.7 Å². The minimum atomic E-state index is -3.39. The number of benzene rings is 2. The van der Waals surface area contributed by atoms with Crippen LogP contribution in [0, 0.1) is 0 Å². The first-order valence-electron chi connectivity index (χ1n) is 10.8. The van der Waals surface area contributed by atoms with Crippen molar-refractivity contribution in [1.82, 2.24) is 14.9 Å². The Morgan fingerprint density at radius 2 is 1.74 bits per heavy atom. The summed E-state index contributed by atoms with van der Waals surface area (Å²) in [4.78, 5) is 4.91. The first kappa shape index (κ1) is 23.2. The molecule has 1 unspecified atom stereocenters. The Morgan fingerprint density at radius 1 is 1.06 bits per heavy atom. The molecule has 8 heteroatoms. The number of rotatable bonds is 9. The Bertz CT molecular complexity index is 941. The van der Waals surface area contributed by atoms with E-state index in [9.17, 15) is 13.5 Å². The number of hydrogen-bond acceptors (Lipinski definition) is 4. The quantitative estimate of drug-likeness (QED) is 0.408. The summed E-state index contributed by atoms with van der Waals surface area (Å²) >= 11 is 0. The van der Waals surface area contributed by atoms with Crippen LogP contribution in [-0.4, -0.2) is 50.0 Å². The molecule has 0 aliphatic carbocycles. The van der Waals surface area contributed by atoms with Crippen molar-refractivity contribution < 1.29 is 13.5 Å². The average Bonchev–Trinajstić information content (AvgIpc) is 3.34. The lowest BCUT2D eigenvalue weighted by Crippen LogP contribution is -2.38. The van der Waals surface area contributed by atoms with Crippen LogP contribution in [0.25, 0.3) is 0 Å². The molecule has 2 aromatic rings. The van der Waals surface area contributed by atoms with Crippen LogP contribution in [0.1, 0.15) is 43.4 Å². The third-order valence-corrected chi connectivity index (χ3v) is 7.20. The summed E-state index contributed by atoms with van der Waals surface area (Å²) in [6, 6.07) is 16.5. The molecule has 0 saturated carbocycles. The SMILES string of the molecule is CCNC(=NCc1ccc(S(=O)(=O)N2CCCC2)cc1)NCCC(O)c1ccccc1. The Labute approximate surface area is 185 Å². The zero-order valence-electron chi connectivity index (χ0n) is 18.0. The van der Waals surface area contributed by atoms with Crippen molar-refractivity contribution in [2.75, 3.05) is 26.2 Å². The molecular weight excluding hydrogens is 412 g/mol. The topological polar surface area (TPSA) is 94.0 Å². The average molecular weight is 445 g/mol. The largest absolute Gasteiger partial charge is 0.388 e. The van der Waals surface area contributed by atoms with E-state index in [-0.39, 0.29) is 0 Å². The molecule has 1 aliphatic heterocycles. The molecule has 3 N–H and O–H groups in total. The van der Waals surface area contributed by atoms with E-state index >= 15 is 0 Å². The number of hydrogen-bond donors (Lipinski definition) is 3. The van der Waals surface area contributed by atoms with Gasteiger partial charge >= 0.3 is 0 Å². The van der Waals surface area contributed by atoms with E-state index in [0.717, 1.165) is 30.5 Å². The molecule has 1 saturated heterocycles. The fourth-order valence-corrected chi connectivity index (χ4v) is 5.04. The summed E-state index contributed by atoms with van der Waals surface area (Å²) in [6.45, 7) is 4.93. The summed E-state index contributed by atoms with van der Waals surface area (Å²) < 4.78 is 26.8. The highest BCUT2D eigenvalue weighted by Gasteiger charge is 2.26. The van der Waals surface area contributed by atoms with Crippen molar-refractivity contribution in [1.29, 1.82) is 0 Å². The van der Waals surface area contributed by atoms with E-state index in [2.05, 4.69) is 15.6 Å². The smallest absolute Gasteiger partial charge is 0.243 e. The third-order valence-electron chi connectivity index (χ3n) is 5.28. The summed E-state index contributed by atoms with van der Waals surface area (Å²) in [5.41, 5.74) is 1.83. The maximum Gasteiger partial charge on any atom is 0.243 e. The lowest BCUT2D eigenvalue weighted by Gasteiger charge is -2.16. The summed E-state index contributed by atoms with van der Waals surface area (Å²) in [7, 11) is -3.39. The minimum Gasteiger partial charge on any atom is -0.388 e. The van der Waals surface area contributed by atoms with Gasteiger partial charge in [0.2, 0.25) is 10.0 Å². The second-order valence-electron chi connectivity index (χ2n) is 7.59. The van der Waals surface area contributed by atoms with Crippen LogP contribution in [0.4, 0.5) is 0 Å². The van der Waals surface area contributed by atoms with Crippen molar-refractivity contribution in [3.8, 4) is 0 Å². The number of aliphatic hydroxyl groups excluding tert-OH is 1. The fraction of sp³-hybridized carbons (Fsp3) is 0.435. The molecule has 168 valence electrons. The van der Waals surface area contributed by atoms with Crippen LogP contribution in [-0.2, 0) is 16.6 Å². The Kier molecular flexibility index (Phi) is 8.45. The van der Waals surface area contributed by atoms with Crippen LogP contribution < -0.4 is 10.6 Å². The molecular formula is C23H32N4O3S. The van der Waals surface area contributed by atoms with E-state index < -0.39 is 16.1 Å². The fourth-order valence-electron chi connectivity index (χ4n) is 3.53. The molecule has 1 atom stereocenters. The van der Waals surface area contributed by atoms with Crippen molar-refractivity contribution >= 4 is 16.0 Å². The van der Waals surface area contributed by atoms with Crippen LogP contribution in [0.3, 0.4) is 0 Å². The van der Waals surface area contributed by atoms with Gasteiger partial charge in [-0.2, -0.15) is 4.31 Å². The normalized spacial score (nSPS) is 16.3. The lowest BCUT2D eigenvalue weighted by molar-refractivity contribution is 0.168. The van der Waals surface area contributed by atoms with Crippen LogP contribution in [0.2, 0.25) is 0 Å². The maximum atomic E-state index is 12.6. The van der Waals surface area contributed by atoms with Crippen LogP contribution in [0.5, 0.6) is 0 Å². The van der Waals surface area contributed by atoms with E-state index in [1.807, 2.05) is 49.4 Å². The Hall–Kier alpha value is -2.42. The van der Waals surface area contributed by atoms with E-state index in [1.54, 1.807) is 16.4 Å². The zero-order chi connectivity index (χ0) is 22.1. The molecule has 31 heavy (non-hydrogen) atoms. The van der Waals surface area contributed by atoms with Crippen LogP contribution in [0.15, 0.2) is 64.5 Å². The molecule has 0 amide bonds. The second kappa shape index (κ2) is 11.3. The molecule has 7 nitrogen and oxygen atoms in total. The van der Waals surface area contributed by atoms with E-state index in [0.29, 0.717) is 43.5 Å². The van der Waals surface area contributed by atoms with Gasteiger partial charge in [-0.25, -0.2) is 13.4 Å². The number of aliphatic hydroxyl groups is 1. The number of guanidine groups is 1. The number of aliphatic imine (C=N–C) groups is 1. The number of nitrogens with one attached hydrogen (secondary N) is 2. The highest BCUT2D eigenvalue weighted by Crippen LogP contribution is 2.21. The van der Waals surface area contributed by atoms with Gasteiger partial charge in [-0.05, 0) is 49.4 Å². The van der Waals surface area contributed by atoms with Gasteiger partial charge in [-0.3, -0.25) is 0 Å². The standard InChI is InChI=1S/C23H32N4O3S/c1-2-24-23(25-15-14-22(28)20-8-4-3-5-9-20)26-18-19-10-12-21(13-11-19)31(29,30)27-16-6-7-17-27/h3-5,8-13,22,28H,2,6-7,14-18H2,1H3,(H2,24,25,26). The zero-order valence-corrected chi connectivity index (χ0v) is 18.8. The van der Waals surface area contributed by atoms with Crippen molar-refractivity contribution in [2.24, 2.45) is 4.99 Å². The highest BCUT2D eigenvalue weighted by atomic mass is 32.2. The van der Waals surface area contributed by atoms with Gasteiger partial charge in [0.05, 0.1) is 17.5 Å². The predicted molar refractivity (Wildman–Crippen MR) is 123 cm³/mol. The molecule has 0 spiro atoms. The van der Waals surface area contributed by atoms with Crippen molar-refractivity contribution in [2.45, 2.75) is 43.7 Å². The third kappa shape index (κ3) is 6.53. The van der Waals surface area contributed by atoms with Gasteiger partial charge in [-0.15, -0.1) is 0 Å². The molecule has 0 bridgehead atoms. The Balaban J connectivity index is 1.54. The monoisotopic (exact) mass is 444 g/mol. The van der Waals surface area contributed by atoms with Gasteiger partial charge in [0, 0.05) is 26.2 Å². The van der Waals surface area contributed by atoms with Crippen molar-refractivity contribution in [3.63, 3.8) is 0 Å². The van der Waals surface area contributed by atoms with Gasteiger partial charge in [0.1, 0.15) is 0 Å². The molecule has 1 aliphatic rings. The van der Waals surface area contributed by atoms with Crippen LogP contribution >= 0.6 is 0 Å². The summed E-state index contributed by atoms with van der Waals surface area (Å²) in [5, 5.41) is 16.7. The van der Waals surface area contributed by atoms with E-state index in [1.165, 1.54) is 0 Å². The summed E-state index contributed by atoms with van der Waals surface area (Å²) in [6.07, 6.45) is 1.89. The van der Waals surface area contributed by atoms with E-state index in [4.69, 9.17) is 0 Å². The first-order valence-corrected chi connectivity index (χ1v) is 12.3. The number of sulfonamides is 1. The van der Waals surface area contributed by atoms with Gasteiger partial charge in [-0.1, -0.05) is 42.5 Å². The maximum absolute atomic E-state index is 12.6. The molecule has 3 rings (SSSR count). The molecule has 0 radical (unpaired) electrons. The predicted octanol–water partition coefficient (Wildman–Crippen LogP) is 2.65. The molecule has 1 fully saturated rings. The minimum absolute atomic E-state index is 0.335. The highest BCUT2D eigenvalue weighted by molar-refractivity contribution is 7.89. The molecule has 0 aromatic heterocycles. The van der Waals surface area contributed by atoms with Gasteiger partial charge < -0.3 is 15.7 Å². The Morgan fingerprint density at radius 3 is 2.39 bits per heavy atom. The molecule has 2 aromatic carbocycles. The second-order valence-corrected chi connectivity index (χ2v) is 9.53. The number of nitrogens with zero attached hydrogens (tertiary/aromatic N) is 2. The summed E-state index contributed by atoms with van der Waals surface area (Å²) in [5.74, 6) is 0.663. The first-order chi connectivity index (χ1) is 15.0. The van der Waals surface area contributed by atoms with Gasteiger partial charge in [0.15, 0.2) is 5.96 Å². The van der Waals surface area contributed by atoms with Gasteiger partial charge in [0.25, 0.3) is 0 Å². The molecule has 1 heterocycles. The lowest BCUT2D eigenvalue weighted by atomic mass is 10.1.